The van der Waals surface area contributed by atoms with Crippen LogP contribution >= 0.6 is 0 Å². The molecule has 2 saturated heterocycles. The van der Waals surface area contributed by atoms with Gasteiger partial charge in [0.05, 0.1) is 12.7 Å². The maximum Gasteiger partial charge on any atom is 0.146 e. The maximum absolute atomic E-state index is 5.48. The van der Waals surface area contributed by atoms with E-state index in [1.165, 1.54) is 0 Å². The van der Waals surface area contributed by atoms with E-state index in [-0.39, 0.29) is 18.3 Å². The monoisotopic (exact) mass is 174 g/mol. The van der Waals surface area contributed by atoms with Gasteiger partial charge in [-0.25, -0.2) is 0 Å². The van der Waals surface area contributed by atoms with E-state index < -0.39 is 0 Å². The van der Waals surface area contributed by atoms with Gasteiger partial charge in [-0.1, -0.05) is 0 Å². The van der Waals surface area contributed by atoms with Crippen molar-refractivity contribution >= 4 is 0 Å². The van der Waals surface area contributed by atoms with Gasteiger partial charge >= 0.3 is 0 Å². The van der Waals surface area contributed by atoms with Crippen molar-refractivity contribution in [3.05, 3.63) is 0 Å². The molecule has 70 valence electrons. The SMILES string of the molecule is COCOC1CO[C@@H]2CCO[C@H]12. The Bertz CT molecular complexity index is 150. The first kappa shape index (κ1) is 8.44. The summed E-state index contributed by atoms with van der Waals surface area (Å²) in [5, 5.41) is 0. The standard InChI is InChI=1S/C8H14O4/c1-9-5-12-7-4-11-6-2-3-10-8(6)7/h6-8H,2-5H2,1H3/t6-,7?,8+/m1/s1. The third kappa shape index (κ3) is 1.47. The average Bonchev–Trinajstić information content (AvgIpc) is 2.62. The molecule has 2 aliphatic rings. The van der Waals surface area contributed by atoms with Gasteiger partial charge in [0, 0.05) is 13.7 Å². The van der Waals surface area contributed by atoms with Crippen molar-refractivity contribution in [1.82, 2.24) is 0 Å². The van der Waals surface area contributed by atoms with E-state index in [2.05, 4.69) is 0 Å². The molecule has 0 aliphatic carbocycles. The molecule has 2 heterocycles. The summed E-state index contributed by atoms with van der Waals surface area (Å²) in [5.74, 6) is 0. The van der Waals surface area contributed by atoms with Gasteiger partial charge in [-0.2, -0.15) is 0 Å². The van der Waals surface area contributed by atoms with Crippen molar-refractivity contribution in [2.24, 2.45) is 0 Å². The van der Waals surface area contributed by atoms with Crippen molar-refractivity contribution in [1.29, 1.82) is 0 Å². The number of fused-ring (bicyclic) bond motifs is 1. The van der Waals surface area contributed by atoms with Crippen molar-refractivity contribution in [2.75, 3.05) is 27.1 Å². The van der Waals surface area contributed by atoms with Crippen LogP contribution in [0, 0.1) is 0 Å². The molecule has 2 aliphatic heterocycles. The van der Waals surface area contributed by atoms with Crippen LogP contribution < -0.4 is 0 Å². The Morgan fingerprint density at radius 3 is 3.17 bits per heavy atom. The average molecular weight is 174 g/mol. The molecule has 0 radical (unpaired) electrons. The molecule has 0 amide bonds. The number of hydrogen-bond donors (Lipinski definition) is 0. The first-order valence-electron chi connectivity index (χ1n) is 4.25. The van der Waals surface area contributed by atoms with Crippen LogP contribution in [0.3, 0.4) is 0 Å². The molecule has 0 aromatic rings. The van der Waals surface area contributed by atoms with E-state index in [9.17, 15) is 0 Å². The highest BCUT2D eigenvalue weighted by atomic mass is 16.7. The van der Waals surface area contributed by atoms with Crippen LogP contribution in [0.15, 0.2) is 0 Å². The quantitative estimate of drug-likeness (QED) is 0.571. The van der Waals surface area contributed by atoms with E-state index in [0.29, 0.717) is 13.4 Å². The number of rotatable bonds is 3. The Balaban J connectivity index is 1.83. The van der Waals surface area contributed by atoms with Crippen LogP contribution in [0.4, 0.5) is 0 Å². The highest BCUT2D eigenvalue weighted by Gasteiger charge is 2.42. The highest BCUT2D eigenvalue weighted by molar-refractivity contribution is 4.89. The van der Waals surface area contributed by atoms with E-state index in [0.717, 1.165) is 13.0 Å². The fraction of sp³-hybridized carbons (Fsp3) is 1.00. The molecular weight excluding hydrogens is 160 g/mol. The van der Waals surface area contributed by atoms with E-state index in [1.54, 1.807) is 7.11 Å². The third-order valence-corrected chi connectivity index (χ3v) is 2.32. The third-order valence-electron chi connectivity index (χ3n) is 2.32. The Hall–Kier alpha value is -0.160. The topological polar surface area (TPSA) is 36.9 Å². The van der Waals surface area contributed by atoms with E-state index in [4.69, 9.17) is 18.9 Å². The predicted molar refractivity (Wildman–Crippen MR) is 40.8 cm³/mol. The summed E-state index contributed by atoms with van der Waals surface area (Å²) in [6.45, 7) is 1.75. The van der Waals surface area contributed by atoms with Crippen molar-refractivity contribution in [2.45, 2.75) is 24.7 Å². The van der Waals surface area contributed by atoms with Crippen LogP contribution in [-0.4, -0.2) is 45.4 Å². The second-order valence-electron chi connectivity index (χ2n) is 3.11. The summed E-state index contributed by atoms with van der Waals surface area (Å²) in [4.78, 5) is 0. The maximum atomic E-state index is 5.48. The number of methoxy groups -OCH3 is 1. The lowest BCUT2D eigenvalue weighted by Crippen LogP contribution is -2.30. The second kappa shape index (κ2) is 3.70. The minimum atomic E-state index is 0.0671. The summed E-state index contributed by atoms with van der Waals surface area (Å²) < 4.78 is 21.2. The van der Waals surface area contributed by atoms with Crippen LogP contribution in [0.1, 0.15) is 6.42 Å². The Morgan fingerprint density at radius 1 is 1.42 bits per heavy atom. The van der Waals surface area contributed by atoms with Crippen LogP contribution in [0.25, 0.3) is 0 Å². The van der Waals surface area contributed by atoms with Gasteiger partial charge in [-0.05, 0) is 6.42 Å². The molecule has 1 unspecified atom stereocenters. The zero-order chi connectivity index (χ0) is 8.39. The summed E-state index contributed by atoms with van der Waals surface area (Å²) in [5.41, 5.74) is 0. The molecule has 0 aromatic heterocycles. The van der Waals surface area contributed by atoms with Gasteiger partial charge in [0.15, 0.2) is 0 Å². The largest absolute Gasteiger partial charge is 0.373 e. The van der Waals surface area contributed by atoms with Gasteiger partial charge in [-0.3, -0.25) is 0 Å². The van der Waals surface area contributed by atoms with Gasteiger partial charge in [-0.15, -0.1) is 0 Å². The molecule has 0 N–H and O–H groups in total. The Labute approximate surface area is 71.7 Å². The lowest BCUT2D eigenvalue weighted by molar-refractivity contribution is -0.105. The van der Waals surface area contributed by atoms with Crippen LogP contribution in [0.2, 0.25) is 0 Å². The minimum absolute atomic E-state index is 0.0671. The fourth-order valence-electron chi connectivity index (χ4n) is 1.73. The van der Waals surface area contributed by atoms with Crippen molar-refractivity contribution in [3.8, 4) is 0 Å². The summed E-state index contributed by atoms with van der Waals surface area (Å²) >= 11 is 0. The van der Waals surface area contributed by atoms with E-state index >= 15 is 0 Å². The van der Waals surface area contributed by atoms with Gasteiger partial charge in [0.2, 0.25) is 0 Å². The molecule has 2 fully saturated rings. The predicted octanol–water partition coefficient (Wildman–Crippen LogP) is 0.163. The summed E-state index contributed by atoms with van der Waals surface area (Å²) in [6.07, 6.45) is 1.46. The zero-order valence-corrected chi connectivity index (χ0v) is 7.19. The highest BCUT2D eigenvalue weighted by Crippen LogP contribution is 2.27. The van der Waals surface area contributed by atoms with Gasteiger partial charge < -0.3 is 18.9 Å². The van der Waals surface area contributed by atoms with Crippen molar-refractivity contribution < 1.29 is 18.9 Å². The second-order valence-corrected chi connectivity index (χ2v) is 3.11. The number of hydrogen-bond acceptors (Lipinski definition) is 4. The van der Waals surface area contributed by atoms with E-state index in [1.807, 2.05) is 0 Å². The molecule has 0 spiro atoms. The van der Waals surface area contributed by atoms with Crippen LogP contribution in [0.5, 0.6) is 0 Å². The molecule has 3 atom stereocenters. The molecule has 0 saturated carbocycles. The minimum Gasteiger partial charge on any atom is -0.373 e. The molecule has 0 aromatic carbocycles. The molecule has 0 bridgehead atoms. The molecule has 12 heavy (non-hydrogen) atoms. The summed E-state index contributed by atoms with van der Waals surface area (Å²) in [7, 11) is 1.61. The van der Waals surface area contributed by atoms with Crippen LogP contribution in [-0.2, 0) is 18.9 Å². The van der Waals surface area contributed by atoms with Gasteiger partial charge in [0.1, 0.15) is 19.0 Å². The first-order chi connectivity index (χ1) is 5.92. The zero-order valence-electron chi connectivity index (χ0n) is 7.19. The van der Waals surface area contributed by atoms with Gasteiger partial charge in [0.25, 0.3) is 0 Å². The Kier molecular flexibility index (Phi) is 2.60. The lowest BCUT2D eigenvalue weighted by atomic mass is 10.1. The van der Waals surface area contributed by atoms with Crippen molar-refractivity contribution in [3.63, 3.8) is 0 Å². The Morgan fingerprint density at radius 2 is 2.33 bits per heavy atom. The molecule has 2 rings (SSSR count). The lowest BCUT2D eigenvalue weighted by Gasteiger charge is -2.15. The smallest absolute Gasteiger partial charge is 0.146 e. The molecule has 4 nitrogen and oxygen atoms in total. The summed E-state index contributed by atoms with van der Waals surface area (Å²) in [6, 6.07) is 0. The molecule has 4 heteroatoms. The normalized spacial score (nSPS) is 40.2. The first-order valence-corrected chi connectivity index (χ1v) is 4.25. The number of ether oxygens (including phenoxy) is 4. The molecular formula is C8H14O4. The fourth-order valence-corrected chi connectivity index (χ4v) is 1.73.